The molecule has 0 saturated heterocycles. The fourth-order valence-electron chi connectivity index (χ4n) is 3.14. The lowest BCUT2D eigenvalue weighted by molar-refractivity contribution is 0.254. The second kappa shape index (κ2) is 7.05. The van der Waals surface area contributed by atoms with E-state index < -0.39 is 0 Å². The lowest BCUT2D eigenvalue weighted by Gasteiger charge is -2.30. The summed E-state index contributed by atoms with van der Waals surface area (Å²) in [6, 6.07) is 0. The smallest absolute Gasteiger partial charge is 0.143 e. The molecule has 1 aromatic rings. The lowest BCUT2D eigenvalue weighted by Crippen LogP contribution is -2.20. The molecule has 112 valence electrons. The van der Waals surface area contributed by atoms with Crippen LogP contribution < -0.4 is 5.32 Å². The summed E-state index contributed by atoms with van der Waals surface area (Å²) in [6.07, 6.45) is 6.12. The maximum absolute atomic E-state index is 4.83. The van der Waals surface area contributed by atoms with Gasteiger partial charge in [-0.1, -0.05) is 20.8 Å². The van der Waals surface area contributed by atoms with Crippen LogP contribution in [-0.4, -0.2) is 17.0 Å². The Morgan fingerprint density at radius 1 is 1.20 bits per heavy atom. The first-order valence-corrected chi connectivity index (χ1v) is 8.88. The van der Waals surface area contributed by atoms with Crippen LogP contribution in [-0.2, 0) is 6.42 Å². The predicted octanol–water partition coefficient (Wildman–Crippen LogP) is 4.62. The molecule has 0 unspecified atom stereocenters. The Hall–Kier alpha value is -0.390. The Morgan fingerprint density at radius 2 is 1.85 bits per heavy atom. The minimum absolute atomic E-state index is 0.555. The Bertz CT molecular complexity index is 426. The monoisotopic (exact) mass is 387 g/mol. The number of anilines is 1. The highest BCUT2D eigenvalue weighted by Crippen LogP contribution is 2.38. The number of aromatic nitrogens is 2. The van der Waals surface area contributed by atoms with Crippen LogP contribution in [0.5, 0.6) is 0 Å². The molecule has 20 heavy (non-hydrogen) atoms. The largest absolute Gasteiger partial charge is 0.372 e. The molecular formula is C16H26IN3. The van der Waals surface area contributed by atoms with Crippen LogP contribution in [0.1, 0.15) is 63.9 Å². The van der Waals surface area contributed by atoms with Crippen LogP contribution in [0.15, 0.2) is 0 Å². The van der Waals surface area contributed by atoms with Gasteiger partial charge in [0.2, 0.25) is 0 Å². The van der Waals surface area contributed by atoms with Crippen molar-refractivity contribution in [3.8, 4) is 0 Å². The Labute approximate surface area is 136 Å². The molecule has 0 bridgehead atoms. The molecule has 1 saturated carbocycles. The maximum atomic E-state index is 4.83. The average molecular weight is 387 g/mol. The van der Waals surface area contributed by atoms with Crippen molar-refractivity contribution in [3.05, 3.63) is 15.1 Å². The number of rotatable bonds is 4. The van der Waals surface area contributed by atoms with Gasteiger partial charge in [0, 0.05) is 13.0 Å². The molecule has 2 rings (SSSR count). The van der Waals surface area contributed by atoms with Crippen molar-refractivity contribution in [1.82, 2.24) is 9.97 Å². The Balaban J connectivity index is 2.17. The van der Waals surface area contributed by atoms with Crippen molar-refractivity contribution >= 4 is 28.4 Å². The molecule has 0 amide bonds. The number of hydrogen-bond acceptors (Lipinski definition) is 3. The van der Waals surface area contributed by atoms with E-state index in [0.717, 1.165) is 29.9 Å². The van der Waals surface area contributed by atoms with Crippen LogP contribution in [0.2, 0.25) is 0 Å². The zero-order valence-corrected chi connectivity index (χ0v) is 15.2. The molecule has 0 radical (unpaired) electrons. The minimum atomic E-state index is 0.555. The lowest BCUT2D eigenvalue weighted by atomic mass is 9.76. The van der Waals surface area contributed by atoms with Gasteiger partial charge in [-0.3, -0.25) is 0 Å². The number of hydrogen-bond donors (Lipinski definition) is 1. The summed E-state index contributed by atoms with van der Waals surface area (Å²) in [5.41, 5.74) is 1.19. The molecule has 0 aliphatic heterocycles. The summed E-state index contributed by atoms with van der Waals surface area (Å²) in [5, 5.41) is 3.22. The average Bonchev–Trinajstić information content (AvgIpc) is 2.47. The summed E-state index contributed by atoms with van der Waals surface area (Å²) >= 11 is 2.35. The third-order valence-electron chi connectivity index (χ3n) is 4.59. The first-order valence-electron chi connectivity index (χ1n) is 7.80. The summed E-state index contributed by atoms with van der Waals surface area (Å²) in [5.74, 6) is 4.32. The van der Waals surface area contributed by atoms with Gasteiger partial charge in [-0.25, -0.2) is 9.97 Å². The predicted molar refractivity (Wildman–Crippen MR) is 93.2 cm³/mol. The van der Waals surface area contributed by atoms with Crippen molar-refractivity contribution < 1.29 is 0 Å². The van der Waals surface area contributed by atoms with E-state index in [-0.39, 0.29) is 0 Å². The molecule has 1 aliphatic carbocycles. The maximum Gasteiger partial charge on any atom is 0.143 e. The number of nitrogens with zero attached hydrogens (tertiary/aromatic N) is 2. The Kier molecular flexibility index (Phi) is 5.64. The van der Waals surface area contributed by atoms with Gasteiger partial charge >= 0.3 is 0 Å². The molecule has 1 aliphatic rings. The Morgan fingerprint density at radius 3 is 2.35 bits per heavy atom. The molecular weight excluding hydrogens is 361 g/mol. The van der Waals surface area contributed by atoms with Gasteiger partial charge in [0.15, 0.2) is 0 Å². The first kappa shape index (κ1) is 16.0. The van der Waals surface area contributed by atoms with E-state index in [1.165, 1.54) is 34.9 Å². The van der Waals surface area contributed by atoms with E-state index in [2.05, 4.69) is 48.7 Å². The van der Waals surface area contributed by atoms with Crippen molar-refractivity contribution in [2.45, 2.75) is 58.8 Å². The van der Waals surface area contributed by atoms with Gasteiger partial charge in [-0.05, 0) is 66.5 Å². The fourth-order valence-corrected chi connectivity index (χ4v) is 4.03. The van der Waals surface area contributed by atoms with E-state index in [4.69, 9.17) is 9.97 Å². The number of nitrogens with one attached hydrogen (secondary N) is 1. The molecule has 1 N–H and O–H groups in total. The van der Waals surface area contributed by atoms with Gasteiger partial charge in [0.25, 0.3) is 0 Å². The van der Waals surface area contributed by atoms with E-state index >= 15 is 0 Å². The van der Waals surface area contributed by atoms with Crippen molar-refractivity contribution in [1.29, 1.82) is 0 Å². The zero-order chi connectivity index (χ0) is 14.7. The highest BCUT2D eigenvalue weighted by atomic mass is 127. The molecule has 3 nitrogen and oxygen atoms in total. The minimum Gasteiger partial charge on any atom is -0.372 e. The standard InChI is InChI=1S/C16H26IN3/c1-5-13-14(17)16(18-4)20-15(19-13)12-8-6-11(7-9-12)10(2)3/h10-12H,5-9H2,1-4H3,(H,18,19,20). The van der Waals surface area contributed by atoms with Gasteiger partial charge < -0.3 is 5.32 Å². The molecule has 0 spiro atoms. The molecule has 4 heteroatoms. The van der Waals surface area contributed by atoms with Crippen molar-refractivity contribution in [3.63, 3.8) is 0 Å². The van der Waals surface area contributed by atoms with Gasteiger partial charge in [-0.15, -0.1) is 0 Å². The normalized spacial score (nSPS) is 23.1. The number of aryl methyl sites for hydroxylation is 1. The molecule has 1 heterocycles. The molecule has 0 atom stereocenters. The van der Waals surface area contributed by atoms with Crippen molar-refractivity contribution in [2.75, 3.05) is 12.4 Å². The number of halogens is 1. The second-order valence-electron chi connectivity index (χ2n) is 6.15. The van der Waals surface area contributed by atoms with Gasteiger partial charge in [0.05, 0.1) is 9.26 Å². The third-order valence-corrected chi connectivity index (χ3v) is 5.72. The SMILES string of the molecule is CCc1nc(C2CCC(C(C)C)CC2)nc(NC)c1I. The van der Waals surface area contributed by atoms with Crippen LogP contribution in [0, 0.1) is 15.4 Å². The first-order chi connectivity index (χ1) is 9.56. The van der Waals surface area contributed by atoms with Crippen LogP contribution in [0.25, 0.3) is 0 Å². The summed E-state index contributed by atoms with van der Waals surface area (Å²) in [6.45, 7) is 6.87. The fraction of sp³-hybridized carbons (Fsp3) is 0.750. The molecule has 1 aromatic heterocycles. The van der Waals surface area contributed by atoms with Crippen LogP contribution in [0.3, 0.4) is 0 Å². The highest BCUT2D eigenvalue weighted by Gasteiger charge is 2.26. The van der Waals surface area contributed by atoms with Crippen LogP contribution >= 0.6 is 22.6 Å². The van der Waals surface area contributed by atoms with Gasteiger partial charge in [-0.2, -0.15) is 0 Å². The van der Waals surface area contributed by atoms with E-state index in [0.29, 0.717) is 5.92 Å². The third kappa shape index (κ3) is 3.43. The van der Waals surface area contributed by atoms with E-state index in [1.807, 2.05) is 7.05 Å². The van der Waals surface area contributed by atoms with Gasteiger partial charge in [0.1, 0.15) is 11.6 Å². The summed E-state index contributed by atoms with van der Waals surface area (Å²) < 4.78 is 1.17. The second-order valence-corrected chi connectivity index (χ2v) is 7.23. The summed E-state index contributed by atoms with van der Waals surface area (Å²) in [7, 11) is 1.95. The quantitative estimate of drug-likeness (QED) is 0.767. The zero-order valence-electron chi connectivity index (χ0n) is 13.0. The van der Waals surface area contributed by atoms with Crippen LogP contribution in [0.4, 0.5) is 5.82 Å². The van der Waals surface area contributed by atoms with Crippen molar-refractivity contribution in [2.24, 2.45) is 11.8 Å². The molecule has 1 fully saturated rings. The highest BCUT2D eigenvalue weighted by molar-refractivity contribution is 14.1. The summed E-state index contributed by atoms with van der Waals surface area (Å²) in [4.78, 5) is 9.60. The topological polar surface area (TPSA) is 37.8 Å². The van der Waals surface area contributed by atoms with E-state index in [9.17, 15) is 0 Å². The molecule has 0 aromatic carbocycles. The van der Waals surface area contributed by atoms with E-state index in [1.54, 1.807) is 0 Å².